The second-order valence-corrected chi connectivity index (χ2v) is 6.81. The molecule has 23 heavy (non-hydrogen) atoms. The van der Waals surface area contributed by atoms with Crippen LogP contribution in [0, 0.1) is 0 Å². The minimum absolute atomic E-state index is 0. The van der Waals surface area contributed by atoms with Crippen LogP contribution in [0.2, 0.25) is 5.02 Å². The molecule has 1 aromatic heterocycles. The highest BCUT2D eigenvalue weighted by Crippen LogP contribution is 2.28. The highest BCUT2D eigenvalue weighted by molar-refractivity contribution is 7.17. The summed E-state index contributed by atoms with van der Waals surface area (Å²) in [5.74, 6) is 0. The summed E-state index contributed by atoms with van der Waals surface area (Å²) in [6, 6.07) is 5.95. The average Bonchev–Trinajstić information content (AvgIpc) is 2.72. The highest BCUT2D eigenvalue weighted by atomic mass is 35.5. The van der Waals surface area contributed by atoms with E-state index >= 15 is 0 Å². The third kappa shape index (κ3) is 5.44. The topological polar surface area (TPSA) is 53.5 Å². The van der Waals surface area contributed by atoms with Gasteiger partial charge in [-0.05, 0) is 34.5 Å². The van der Waals surface area contributed by atoms with Gasteiger partial charge in [-0.15, -0.1) is 36.2 Å². The number of ether oxygens (including phenoxy) is 1. The predicted molar refractivity (Wildman–Crippen MR) is 102 cm³/mol. The second-order valence-electron chi connectivity index (χ2n) is 5.46. The van der Waals surface area contributed by atoms with Crippen molar-refractivity contribution in [1.29, 1.82) is 0 Å². The van der Waals surface area contributed by atoms with Crippen molar-refractivity contribution in [3.8, 4) is 0 Å². The Morgan fingerprint density at radius 1 is 1.39 bits per heavy atom. The minimum atomic E-state index is -0.847. The number of thiophene rings is 1. The number of hydrogen-bond donors (Lipinski definition) is 3. The summed E-state index contributed by atoms with van der Waals surface area (Å²) in [6.45, 7) is 3.56. The fourth-order valence-corrected chi connectivity index (χ4v) is 3.63. The number of β-amino-alcohol motifs (C(OH)–C–C–N with tert-alkyl or cyclic N) is 1. The van der Waals surface area contributed by atoms with Crippen molar-refractivity contribution >= 4 is 57.8 Å². The van der Waals surface area contributed by atoms with Crippen LogP contribution in [0.15, 0.2) is 23.6 Å². The van der Waals surface area contributed by atoms with E-state index in [0.717, 1.165) is 11.6 Å². The first-order chi connectivity index (χ1) is 10.2. The lowest BCUT2D eigenvalue weighted by atomic mass is 10.1. The van der Waals surface area contributed by atoms with Gasteiger partial charge in [0.05, 0.1) is 13.2 Å². The predicted octanol–water partition coefficient (Wildman–Crippen LogP) is 2.84. The zero-order valence-corrected chi connectivity index (χ0v) is 15.7. The van der Waals surface area contributed by atoms with Crippen molar-refractivity contribution in [2.24, 2.45) is 0 Å². The molecular weight excluding hydrogens is 379 g/mol. The third-order valence-electron chi connectivity index (χ3n) is 3.63. The lowest BCUT2D eigenvalue weighted by Gasteiger charge is -2.26. The maximum absolute atomic E-state index is 10.5. The standard InChI is InChI=1S/C15H19ClN2O2S.2ClH/c16-12-1-2-14-13(5-12)11(7-21-14)6-18-9-15(19)8-17-3-4-20-10-15;;/h1-2,5,7,17-19H,3-4,6,8-10H2;2*1H. The third-order valence-corrected chi connectivity index (χ3v) is 4.88. The van der Waals surface area contributed by atoms with E-state index in [0.29, 0.717) is 32.8 Å². The number of aliphatic hydroxyl groups is 1. The molecule has 1 unspecified atom stereocenters. The molecule has 4 nitrogen and oxygen atoms in total. The molecular formula is C15H21Cl3N2O2S. The van der Waals surface area contributed by atoms with E-state index in [1.165, 1.54) is 15.6 Å². The van der Waals surface area contributed by atoms with E-state index in [4.69, 9.17) is 16.3 Å². The first-order valence-corrected chi connectivity index (χ1v) is 8.29. The maximum atomic E-state index is 10.5. The van der Waals surface area contributed by atoms with Crippen molar-refractivity contribution in [1.82, 2.24) is 10.6 Å². The van der Waals surface area contributed by atoms with Crippen LogP contribution in [-0.2, 0) is 11.3 Å². The van der Waals surface area contributed by atoms with E-state index < -0.39 is 5.60 Å². The van der Waals surface area contributed by atoms with Crippen LogP contribution >= 0.6 is 47.8 Å². The summed E-state index contributed by atoms with van der Waals surface area (Å²) in [4.78, 5) is 0. The molecule has 130 valence electrons. The fraction of sp³-hybridized carbons (Fsp3) is 0.467. The number of hydrogen-bond acceptors (Lipinski definition) is 5. The minimum Gasteiger partial charge on any atom is -0.385 e. The van der Waals surface area contributed by atoms with Crippen LogP contribution in [0.4, 0.5) is 0 Å². The Labute approximate surface area is 157 Å². The first kappa shape index (κ1) is 20.9. The smallest absolute Gasteiger partial charge is 0.113 e. The lowest BCUT2D eigenvalue weighted by molar-refractivity contribution is -0.0264. The van der Waals surface area contributed by atoms with Gasteiger partial charge in [0, 0.05) is 35.9 Å². The Balaban J connectivity index is 0.00000132. The van der Waals surface area contributed by atoms with Crippen LogP contribution in [0.1, 0.15) is 5.56 Å². The van der Waals surface area contributed by atoms with Gasteiger partial charge in [-0.3, -0.25) is 0 Å². The lowest BCUT2D eigenvalue weighted by Crippen LogP contribution is -2.50. The molecule has 1 fully saturated rings. The normalized spacial score (nSPS) is 21.3. The summed E-state index contributed by atoms with van der Waals surface area (Å²) in [5, 5.41) is 21.1. The summed E-state index contributed by atoms with van der Waals surface area (Å²) < 4.78 is 6.65. The van der Waals surface area contributed by atoms with Gasteiger partial charge in [0.1, 0.15) is 5.60 Å². The molecule has 3 rings (SSSR count). The average molecular weight is 400 g/mol. The summed E-state index contributed by atoms with van der Waals surface area (Å²) >= 11 is 7.78. The Morgan fingerprint density at radius 2 is 2.22 bits per heavy atom. The molecule has 1 aliphatic heterocycles. The molecule has 2 heterocycles. The van der Waals surface area contributed by atoms with Crippen molar-refractivity contribution in [3.63, 3.8) is 0 Å². The van der Waals surface area contributed by atoms with Gasteiger partial charge in [-0.25, -0.2) is 0 Å². The van der Waals surface area contributed by atoms with Gasteiger partial charge in [0.25, 0.3) is 0 Å². The zero-order chi connectivity index (χ0) is 14.7. The van der Waals surface area contributed by atoms with Crippen LogP contribution < -0.4 is 10.6 Å². The summed E-state index contributed by atoms with van der Waals surface area (Å²) in [6.07, 6.45) is 0. The van der Waals surface area contributed by atoms with Gasteiger partial charge < -0.3 is 20.5 Å². The van der Waals surface area contributed by atoms with E-state index in [2.05, 4.69) is 16.0 Å². The van der Waals surface area contributed by atoms with Crippen LogP contribution in [0.3, 0.4) is 0 Å². The molecule has 0 radical (unpaired) electrons. The molecule has 1 atom stereocenters. The van der Waals surface area contributed by atoms with Crippen LogP contribution in [0.5, 0.6) is 0 Å². The Kier molecular flexibility index (Phi) is 8.55. The number of halogens is 3. The van der Waals surface area contributed by atoms with Crippen molar-refractivity contribution in [2.45, 2.75) is 12.1 Å². The Morgan fingerprint density at radius 3 is 3.04 bits per heavy atom. The molecule has 0 bridgehead atoms. The first-order valence-electron chi connectivity index (χ1n) is 7.03. The summed E-state index contributed by atoms with van der Waals surface area (Å²) in [5.41, 5.74) is 0.364. The molecule has 1 aromatic carbocycles. The number of rotatable bonds is 4. The van der Waals surface area contributed by atoms with Gasteiger partial charge in [0.2, 0.25) is 0 Å². The second kappa shape index (κ2) is 9.39. The number of fused-ring (bicyclic) bond motifs is 1. The molecule has 0 aliphatic carbocycles. The van der Waals surface area contributed by atoms with Gasteiger partial charge in [-0.1, -0.05) is 11.6 Å². The quantitative estimate of drug-likeness (QED) is 0.740. The SMILES string of the molecule is Cl.Cl.OC1(CNCc2csc3ccc(Cl)cc23)CNCCOC1. The van der Waals surface area contributed by atoms with E-state index in [9.17, 15) is 5.11 Å². The van der Waals surface area contributed by atoms with Crippen molar-refractivity contribution in [3.05, 3.63) is 34.2 Å². The number of benzene rings is 1. The fourth-order valence-electron chi connectivity index (χ4n) is 2.51. The molecule has 3 N–H and O–H groups in total. The highest BCUT2D eigenvalue weighted by Gasteiger charge is 2.28. The monoisotopic (exact) mass is 398 g/mol. The van der Waals surface area contributed by atoms with Crippen molar-refractivity contribution in [2.75, 3.05) is 32.8 Å². The Bertz CT molecular complexity index is 616. The molecule has 1 aliphatic rings. The Hall–Kier alpha value is -0.110. The van der Waals surface area contributed by atoms with Gasteiger partial charge >= 0.3 is 0 Å². The van der Waals surface area contributed by atoms with Gasteiger partial charge in [-0.2, -0.15) is 0 Å². The van der Waals surface area contributed by atoms with Crippen molar-refractivity contribution < 1.29 is 9.84 Å². The van der Waals surface area contributed by atoms with Gasteiger partial charge in [0.15, 0.2) is 0 Å². The summed E-state index contributed by atoms with van der Waals surface area (Å²) in [7, 11) is 0. The van der Waals surface area contributed by atoms with E-state index in [1.54, 1.807) is 11.3 Å². The van der Waals surface area contributed by atoms with Crippen LogP contribution in [0.25, 0.3) is 10.1 Å². The van der Waals surface area contributed by atoms with Crippen LogP contribution in [-0.4, -0.2) is 43.6 Å². The molecule has 2 aromatic rings. The molecule has 0 spiro atoms. The maximum Gasteiger partial charge on any atom is 0.113 e. The zero-order valence-electron chi connectivity index (χ0n) is 12.5. The molecule has 1 saturated heterocycles. The molecule has 8 heteroatoms. The largest absolute Gasteiger partial charge is 0.385 e. The van der Waals surface area contributed by atoms with E-state index in [-0.39, 0.29) is 24.8 Å². The molecule has 0 saturated carbocycles. The van der Waals surface area contributed by atoms with E-state index in [1.807, 2.05) is 18.2 Å². The number of nitrogens with one attached hydrogen (secondary N) is 2. The molecule has 0 amide bonds.